The molecular weight excluding hydrogens is 340 g/mol. The summed E-state index contributed by atoms with van der Waals surface area (Å²) in [6.07, 6.45) is 0. The highest BCUT2D eigenvalue weighted by Crippen LogP contribution is 2.58. The minimum Gasteiger partial charge on any atom is -0.496 e. The Labute approximate surface area is 149 Å². The van der Waals surface area contributed by atoms with Gasteiger partial charge in [-0.25, -0.2) is 4.79 Å². The molecule has 1 aromatic heterocycles. The maximum absolute atomic E-state index is 12.7. The molecule has 8 heteroatoms. The number of carbonyl (C=O) groups excluding carboxylic acids is 2. The fraction of sp³-hybridized carbons (Fsp3) is 0.389. The number of carboxylic acids is 1. The van der Waals surface area contributed by atoms with Crippen molar-refractivity contribution >= 4 is 34.4 Å². The second-order valence-electron chi connectivity index (χ2n) is 6.85. The molecule has 0 aliphatic heterocycles. The van der Waals surface area contributed by atoms with Gasteiger partial charge in [0.2, 0.25) is 5.91 Å². The van der Waals surface area contributed by atoms with Crippen LogP contribution in [0.1, 0.15) is 24.3 Å². The van der Waals surface area contributed by atoms with Crippen LogP contribution in [-0.2, 0) is 14.3 Å². The molecule has 0 bridgehead atoms. The number of rotatable bonds is 5. The van der Waals surface area contributed by atoms with E-state index in [1.807, 2.05) is 0 Å². The summed E-state index contributed by atoms with van der Waals surface area (Å²) >= 11 is 0. The molecule has 1 heterocycles. The van der Waals surface area contributed by atoms with E-state index >= 15 is 0 Å². The highest BCUT2D eigenvalue weighted by atomic mass is 16.5. The maximum Gasteiger partial charge on any atom is 0.356 e. The number of benzene rings is 1. The zero-order valence-corrected chi connectivity index (χ0v) is 14.9. The third kappa shape index (κ3) is 2.58. The van der Waals surface area contributed by atoms with Crippen LogP contribution >= 0.6 is 0 Å². The van der Waals surface area contributed by atoms with E-state index < -0.39 is 35.1 Å². The Morgan fingerprint density at radius 3 is 2.42 bits per heavy atom. The van der Waals surface area contributed by atoms with Gasteiger partial charge >= 0.3 is 11.9 Å². The molecule has 0 radical (unpaired) electrons. The summed E-state index contributed by atoms with van der Waals surface area (Å²) in [5.41, 5.74) is 0.231. The molecule has 138 valence electrons. The average molecular weight is 360 g/mol. The first kappa shape index (κ1) is 17.8. The molecule has 3 rings (SSSR count). The maximum atomic E-state index is 12.7. The molecule has 1 fully saturated rings. The molecule has 2 atom stereocenters. The van der Waals surface area contributed by atoms with Gasteiger partial charge in [0.05, 0.1) is 42.6 Å². The van der Waals surface area contributed by atoms with E-state index in [0.29, 0.717) is 16.7 Å². The number of fused-ring (bicyclic) bond motifs is 1. The average Bonchev–Trinajstić information content (AvgIpc) is 3.01. The molecule has 8 nitrogen and oxygen atoms in total. The Morgan fingerprint density at radius 1 is 1.19 bits per heavy atom. The number of aromatic amines is 1. The number of ether oxygens (including phenoxy) is 2. The number of anilines is 1. The molecule has 0 saturated heterocycles. The van der Waals surface area contributed by atoms with Crippen molar-refractivity contribution in [3.8, 4) is 5.75 Å². The Bertz CT molecular complexity index is 914. The number of carboxylic acid groups (broad SMARTS) is 1. The molecule has 0 unspecified atom stereocenters. The highest BCUT2D eigenvalue weighted by Gasteiger charge is 2.66. The van der Waals surface area contributed by atoms with Crippen LogP contribution in [0.4, 0.5) is 5.69 Å². The van der Waals surface area contributed by atoms with Crippen molar-refractivity contribution in [3.05, 3.63) is 23.9 Å². The van der Waals surface area contributed by atoms with Gasteiger partial charge in [-0.3, -0.25) is 9.59 Å². The normalized spacial score (nSPS) is 20.5. The predicted octanol–water partition coefficient (Wildman–Crippen LogP) is 2.26. The van der Waals surface area contributed by atoms with Gasteiger partial charge in [-0.15, -0.1) is 0 Å². The van der Waals surface area contributed by atoms with Crippen molar-refractivity contribution in [1.82, 2.24) is 4.98 Å². The Kier molecular flexibility index (Phi) is 4.14. The van der Waals surface area contributed by atoms with Crippen LogP contribution < -0.4 is 10.1 Å². The number of esters is 1. The first-order valence-electron chi connectivity index (χ1n) is 8.04. The second kappa shape index (κ2) is 6.05. The molecule has 2 aromatic rings. The van der Waals surface area contributed by atoms with Crippen LogP contribution in [-0.4, -0.2) is 42.2 Å². The first-order valence-corrected chi connectivity index (χ1v) is 8.04. The number of aromatic nitrogens is 1. The van der Waals surface area contributed by atoms with Crippen LogP contribution in [0.2, 0.25) is 0 Å². The lowest BCUT2D eigenvalue weighted by Crippen LogP contribution is -2.19. The van der Waals surface area contributed by atoms with Gasteiger partial charge in [0.15, 0.2) is 0 Å². The van der Waals surface area contributed by atoms with Gasteiger partial charge in [0, 0.05) is 0 Å². The fourth-order valence-corrected chi connectivity index (χ4v) is 3.55. The van der Waals surface area contributed by atoms with E-state index in [2.05, 4.69) is 10.3 Å². The van der Waals surface area contributed by atoms with Crippen molar-refractivity contribution in [1.29, 1.82) is 0 Å². The molecule has 26 heavy (non-hydrogen) atoms. The zero-order chi connectivity index (χ0) is 19.2. The molecule has 1 aliphatic rings. The third-order valence-electron chi connectivity index (χ3n) is 5.02. The van der Waals surface area contributed by atoms with Gasteiger partial charge in [0.1, 0.15) is 11.4 Å². The predicted molar refractivity (Wildman–Crippen MR) is 93.2 cm³/mol. The van der Waals surface area contributed by atoms with Crippen LogP contribution in [0.15, 0.2) is 18.2 Å². The Balaban J connectivity index is 2.05. The van der Waals surface area contributed by atoms with Crippen molar-refractivity contribution in [3.63, 3.8) is 0 Å². The molecule has 3 N–H and O–H groups in total. The van der Waals surface area contributed by atoms with E-state index in [4.69, 9.17) is 9.47 Å². The van der Waals surface area contributed by atoms with Gasteiger partial charge in [0.25, 0.3) is 0 Å². The molecule has 1 saturated carbocycles. The summed E-state index contributed by atoms with van der Waals surface area (Å²) in [5, 5.41) is 12.5. The lowest BCUT2D eigenvalue weighted by atomic mass is 10.1. The largest absolute Gasteiger partial charge is 0.496 e. The second-order valence-corrected chi connectivity index (χ2v) is 6.85. The number of methoxy groups -OCH3 is 2. The Hall–Kier alpha value is -3.03. The van der Waals surface area contributed by atoms with Gasteiger partial charge in [-0.1, -0.05) is 19.9 Å². The topological polar surface area (TPSA) is 118 Å². The van der Waals surface area contributed by atoms with E-state index in [1.165, 1.54) is 14.2 Å². The number of carbonyl (C=O) groups is 3. The number of amides is 1. The summed E-state index contributed by atoms with van der Waals surface area (Å²) in [7, 11) is 2.72. The fourth-order valence-electron chi connectivity index (χ4n) is 3.55. The van der Waals surface area contributed by atoms with Crippen molar-refractivity contribution in [2.45, 2.75) is 13.8 Å². The van der Waals surface area contributed by atoms with Crippen LogP contribution in [0, 0.1) is 17.3 Å². The molecular formula is C18H20N2O6. The SMILES string of the molecule is COC(=O)c1[nH]c2cccc(OC)c2c1NC(=O)[C@H]1[C@@H](C(=O)O)C1(C)C. The number of aliphatic carboxylic acids is 1. The van der Waals surface area contributed by atoms with Crippen LogP contribution in [0.3, 0.4) is 0 Å². The minimum absolute atomic E-state index is 0.0747. The summed E-state index contributed by atoms with van der Waals surface area (Å²) < 4.78 is 10.1. The first-order chi connectivity index (χ1) is 12.2. The smallest absolute Gasteiger partial charge is 0.356 e. The number of nitrogens with one attached hydrogen (secondary N) is 2. The molecule has 1 amide bonds. The summed E-state index contributed by atoms with van der Waals surface area (Å²) in [5.74, 6) is -3.11. The zero-order valence-electron chi connectivity index (χ0n) is 14.9. The lowest BCUT2D eigenvalue weighted by molar-refractivity contribution is -0.140. The summed E-state index contributed by atoms with van der Waals surface area (Å²) in [6.45, 7) is 3.46. The quantitative estimate of drug-likeness (QED) is 0.704. The molecule has 1 aromatic carbocycles. The van der Waals surface area contributed by atoms with Gasteiger partial charge in [-0.05, 0) is 17.5 Å². The molecule has 1 aliphatic carbocycles. The van der Waals surface area contributed by atoms with Gasteiger partial charge in [-0.2, -0.15) is 0 Å². The molecule has 0 spiro atoms. The van der Waals surface area contributed by atoms with Crippen LogP contribution in [0.5, 0.6) is 5.75 Å². The summed E-state index contributed by atoms with van der Waals surface area (Å²) in [6, 6.07) is 5.18. The number of H-pyrrole nitrogens is 1. The lowest BCUT2D eigenvalue weighted by Gasteiger charge is -2.09. The third-order valence-corrected chi connectivity index (χ3v) is 5.02. The van der Waals surface area contributed by atoms with E-state index in [1.54, 1.807) is 32.0 Å². The van der Waals surface area contributed by atoms with Gasteiger partial charge < -0.3 is 24.9 Å². The standard InChI is InChI=1S/C18H20N2O6/c1-18(2)11(12(18)16(22)23)15(21)20-13-10-8(6-5-7-9(10)25-3)19-14(13)17(24)26-4/h5-7,11-12,19H,1-4H3,(H,20,21)(H,22,23)/t11-,12+/m1/s1. The van der Waals surface area contributed by atoms with Crippen molar-refractivity contribution < 1.29 is 29.0 Å². The Morgan fingerprint density at radius 2 is 1.88 bits per heavy atom. The summed E-state index contributed by atoms with van der Waals surface area (Å²) in [4.78, 5) is 39.1. The van der Waals surface area contributed by atoms with Crippen molar-refractivity contribution in [2.24, 2.45) is 17.3 Å². The van der Waals surface area contributed by atoms with Crippen molar-refractivity contribution in [2.75, 3.05) is 19.5 Å². The van der Waals surface area contributed by atoms with E-state index in [9.17, 15) is 19.5 Å². The highest BCUT2D eigenvalue weighted by molar-refractivity contribution is 6.14. The van der Waals surface area contributed by atoms with E-state index in [0.717, 1.165) is 0 Å². The number of hydrogen-bond donors (Lipinski definition) is 3. The minimum atomic E-state index is -1.01. The number of hydrogen-bond acceptors (Lipinski definition) is 5. The van der Waals surface area contributed by atoms with E-state index in [-0.39, 0.29) is 11.4 Å². The monoisotopic (exact) mass is 360 g/mol. The van der Waals surface area contributed by atoms with Crippen LogP contribution in [0.25, 0.3) is 10.9 Å².